The van der Waals surface area contributed by atoms with Crippen molar-refractivity contribution >= 4 is 0 Å². The first-order valence-corrected chi connectivity index (χ1v) is 7.92. The van der Waals surface area contributed by atoms with E-state index in [1.54, 1.807) is 7.11 Å². The number of ether oxygens (including phenoxy) is 1. The van der Waals surface area contributed by atoms with Crippen LogP contribution < -0.4 is 5.32 Å². The number of hydrogen-bond donors (Lipinski definition) is 1. The van der Waals surface area contributed by atoms with E-state index in [4.69, 9.17) is 4.74 Å². The number of aromatic nitrogens is 2. The van der Waals surface area contributed by atoms with Gasteiger partial charge in [-0.3, -0.25) is 0 Å². The van der Waals surface area contributed by atoms with Crippen molar-refractivity contribution in [3.05, 3.63) is 18.2 Å². The predicted molar refractivity (Wildman–Crippen MR) is 81.8 cm³/mol. The van der Waals surface area contributed by atoms with Crippen LogP contribution in [0.3, 0.4) is 0 Å². The fourth-order valence-corrected chi connectivity index (χ4v) is 3.36. The van der Waals surface area contributed by atoms with E-state index in [-0.39, 0.29) is 0 Å². The maximum Gasteiger partial charge on any atom is 0.108 e. The Bertz CT molecular complexity index is 383. The van der Waals surface area contributed by atoms with Gasteiger partial charge in [0.05, 0.1) is 6.61 Å². The van der Waals surface area contributed by atoms with Gasteiger partial charge in [-0.05, 0) is 24.7 Å². The standard InChI is InChI=1S/C16H29N3O/c1-19-12-10-18-15(19)6-9-16(7-4-3-5-8-16)14-17-11-13-20-2/h10,12,17H,3-9,11,13-14H2,1-2H3. The highest BCUT2D eigenvalue weighted by molar-refractivity contribution is 4.95. The van der Waals surface area contributed by atoms with Crippen LogP contribution in [0.1, 0.15) is 44.3 Å². The van der Waals surface area contributed by atoms with Gasteiger partial charge in [0.25, 0.3) is 0 Å². The topological polar surface area (TPSA) is 39.1 Å². The molecule has 1 aliphatic rings. The summed E-state index contributed by atoms with van der Waals surface area (Å²) in [6.45, 7) is 2.89. The Hall–Kier alpha value is -0.870. The van der Waals surface area contributed by atoms with Crippen LogP contribution in [0.2, 0.25) is 0 Å². The van der Waals surface area contributed by atoms with E-state index in [0.717, 1.165) is 26.1 Å². The molecule has 1 saturated carbocycles. The van der Waals surface area contributed by atoms with Crippen LogP contribution in [-0.2, 0) is 18.2 Å². The average Bonchev–Trinajstić information content (AvgIpc) is 2.88. The van der Waals surface area contributed by atoms with E-state index >= 15 is 0 Å². The molecule has 1 aromatic heterocycles. The SMILES string of the molecule is COCCNCC1(CCc2nccn2C)CCCCC1. The molecule has 1 fully saturated rings. The first kappa shape index (κ1) is 15.5. The van der Waals surface area contributed by atoms with Crippen molar-refractivity contribution in [2.75, 3.05) is 26.8 Å². The third kappa shape index (κ3) is 4.32. The molecule has 1 heterocycles. The summed E-state index contributed by atoms with van der Waals surface area (Å²) in [4.78, 5) is 4.46. The maximum atomic E-state index is 5.12. The second kappa shape index (κ2) is 7.79. The Kier molecular flexibility index (Phi) is 6.05. The minimum Gasteiger partial charge on any atom is -0.383 e. The molecule has 1 N–H and O–H groups in total. The highest BCUT2D eigenvalue weighted by Crippen LogP contribution is 2.39. The summed E-state index contributed by atoms with van der Waals surface area (Å²) in [5, 5.41) is 3.59. The molecular formula is C16H29N3O. The molecular weight excluding hydrogens is 250 g/mol. The second-order valence-corrected chi connectivity index (χ2v) is 6.18. The van der Waals surface area contributed by atoms with Gasteiger partial charge in [-0.15, -0.1) is 0 Å². The van der Waals surface area contributed by atoms with Crippen LogP contribution in [0.25, 0.3) is 0 Å². The van der Waals surface area contributed by atoms with Crippen LogP contribution in [0.5, 0.6) is 0 Å². The normalized spacial score (nSPS) is 18.3. The molecule has 1 aliphatic carbocycles. The quantitative estimate of drug-likeness (QED) is 0.743. The molecule has 0 unspecified atom stereocenters. The lowest BCUT2D eigenvalue weighted by Crippen LogP contribution is -2.38. The zero-order valence-electron chi connectivity index (χ0n) is 13.0. The molecule has 4 nitrogen and oxygen atoms in total. The molecule has 0 radical (unpaired) electrons. The summed E-state index contributed by atoms with van der Waals surface area (Å²) in [6, 6.07) is 0. The second-order valence-electron chi connectivity index (χ2n) is 6.18. The number of nitrogens with one attached hydrogen (secondary N) is 1. The first-order valence-electron chi connectivity index (χ1n) is 7.92. The van der Waals surface area contributed by atoms with Gasteiger partial charge < -0.3 is 14.6 Å². The minimum atomic E-state index is 0.470. The largest absolute Gasteiger partial charge is 0.383 e. The van der Waals surface area contributed by atoms with E-state index in [9.17, 15) is 0 Å². The zero-order valence-corrected chi connectivity index (χ0v) is 13.0. The summed E-state index contributed by atoms with van der Waals surface area (Å²) in [5.41, 5.74) is 0.470. The lowest BCUT2D eigenvalue weighted by molar-refractivity contribution is 0.152. The monoisotopic (exact) mass is 279 g/mol. The highest BCUT2D eigenvalue weighted by Gasteiger charge is 2.31. The molecule has 0 saturated heterocycles. The molecule has 0 aromatic carbocycles. The molecule has 0 amide bonds. The predicted octanol–water partition coefficient (Wildman–Crippen LogP) is 2.54. The molecule has 2 rings (SSSR count). The first-order chi connectivity index (χ1) is 9.76. The molecule has 1 aromatic rings. The molecule has 114 valence electrons. The third-order valence-electron chi connectivity index (χ3n) is 4.70. The minimum absolute atomic E-state index is 0.470. The van der Waals surface area contributed by atoms with Crippen molar-refractivity contribution in [1.29, 1.82) is 0 Å². The van der Waals surface area contributed by atoms with Crippen LogP contribution >= 0.6 is 0 Å². The van der Waals surface area contributed by atoms with E-state index in [1.807, 2.05) is 12.4 Å². The highest BCUT2D eigenvalue weighted by atomic mass is 16.5. The number of aryl methyl sites for hydroxylation is 2. The number of imidazole rings is 1. The van der Waals surface area contributed by atoms with Crippen LogP contribution in [-0.4, -0.2) is 36.4 Å². The Morgan fingerprint density at radius 3 is 2.80 bits per heavy atom. The summed E-state index contributed by atoms with van der Waals surface area (Å²) in [7, 11) is 3.85. The Morgan fingerprint density at radius 2 is 2.15 bits per heavy atom. The van der Waals surface area contributed by atoms with Gasteiger partial charge in [-0.2, -0.15) is 0 Å². The van der Waals surface area contributed by atoms with Crippen molar-refractivity contribution in [2.24, 2.45) is 12.5 Å². The van der Waals surface area contributed by atoms with Gasteiger partial charge >= 0.3 is 0 Å². The van der Waals surface area contributed by atoms with Gasteiger partial charge in [0.15, 0.2) is 0 Å². The number of methoxy groups -OCH3 is 1. The van der Waals surface area contributed by atoms with Gasteiger partial charge in [-0.25, -0.2) is 4.98 Å². The van der Waals surface area contributed by atoms with Gasteiger partial charge in [0, 0.05) is 46.1 Å². The maximum absolute atomic E-state index is 5.12. The average molecular weight is 279 g/mol. The Labute approximate surface area is 122 Å². The number of nitrogens with zero attached hydrogens (tertiary/aromatic N) is 2. The molecule has 4 heteroatoms. The zero-order chi connectivity index (χ0) is 14.3. The molecule has 0 aliphatic heterocycles. The van der Waals surface area contributed by atoms with Crippen molar-refractivity contribution in [2.45, 2.75) is 44.9 Å². The van der Waals surface area contributed by atoms with Gasteiger partial charge in [0.2, 0.25) is 0 Å². The van der Waals surface area contributed by atoms with Crippen molar-refractivity contribution in [3.8, 4) is 0 Å². The van der Waals surface area contributed by atoms with Gasteiger partial charge in [-0.1, -0.05) is 19.3 Å². The third-order valence-corrected chi connectivity index (χ3v) is 4.70. The molecule has 0 atom stereocenters. The smallest absolute Gasteiger partial charge is 0.108 e. The van der Waals surface area contributed by atoms with E-state index in [1.165, 1.54) is 44.3 Å². The van der Waals surface area contributed by atoms with Crippen molar-refractivity contribution in [3.63, 3.8) is 0 Å². The van der Waals surface area contributed by atoms with E-state index in [2.05, 4.69) is 21.9 Å². The molecule has 0 spiro atoms. The summed E-state index contributed by atoms with van der Waals surface area (Å²) in [6.07, 6.45) is 13.2. The van der Waals surface area contributed by atoms with Crippen LogP contribution in [0.15, 0.2) is 12.4 Å². The number of hydrogen-bond acceptors (Lipinski definition) is 3. The van der Waals surface area contributed by atoms with E-state index < -0.39 is 0 Å². The summed E-state index contributed by atoms with van der Waals surface area (Å²) >= 11 is 0. The van der Waals surface area contributed by atoms with Crippen LogP contribution in [0.4, 0.5) is 0 Å². The van der Waals surface area contributed by atoms with E-state index in [0.29, 0.717) is 5.41 Å². The lowest BCUT2D eigenvalue weighted by Gasteiger charge is -2.38. The lowest BCUT2D eigenvalue weighted by atomic mass is 9.71. The summed E-state index contributed by atoms with van der Waals surface area (Å²) < 4.78 is 7.27. The molecule has 20 heavy (non-hydrogen) atoms. The number of rotatable bonds is 8. The van der Waals surface area contributed by atoms with Crippen molar-refractivity contribution < 1.29 is 4.74 Å². The fourth-order valence-electron chi connectivity index (χ4n) is 3.36. The van der Waals surface area contributed by atoms with Crippen LogP contribution in [0, 0.1) is 5.41 Å². The Morgan fingerprint density at radius 1 is 1.35 bits per heavy atom. The summed E-state index contributed by atoms with van der Waals surface area (Å²) in [5.74, 6) is 1.21. The van der Waals surface area contributed by atoms with Crippen molar-refractivity contribution in [1.82, 2.24) is 14.9 Å². The van der Waals surface area contributed by atoms with Gasteiger partial charge in [0.1, 0.15) is 5.82 Å². The fraction of sp³-hybridized carbons (Fsp3) is 0.812. The Balaban J connectivity index is 1.87. The molecule has 0 bridgehead atoms.